The van der Waals surface area contributed by atoms with E-state index in [9.17, 15) is 4.79 Å². The van der Waals surface area contributed by atoms with Gasteiger partial charge in [0.2, 0.25) is 0 Å². The van der Waals surface area contributed by atoms with Crippen LogP contribution in [0.4, 0.5) is 0 Å². The van der Waals surface area contributed by atoms with Gasteiger partial charge in [0, 0.05) is 5.92 Å². The van der Waals surface area contributed by atoms with Gasteiger partial charge >= 0.3 is 0 Å². The van der Waals surface area contributed by atoms with Crippen LogP contribution in [0.5, 0.6) is 0 Å². The van der Waals surface area contributed by atoms with E-state index in [-0.39, 0.29) is 29.8 Å². The lowest BCUT2D eigenvalue weighted by Crippen LogP contribution is -2.66. The van der Waals surface area contributed by atoms with Crippen LogP contribution in [0.2, 0.25) is 0 Å². The zero-order chi connectivity index (χ0) is 17.9. The molecule has 1 aliphatic heterocycles. The highest BCUT2D eigenvalue weighted by Gasteiger charge is 2.68. The summed E-state index contributed by atoms with van der Waals surface area (Å²) in [6, 6.07) is 20.3. The van der Waals surface area contributed by atoms with Gasteiger partial charge in [-0.3, -0.25) is 4.79 Å². The summed E-state index contributed by atoms with van der Waals surface area (Å²) in [6.07, 6.45) is 3.93. The molecule has 0 radical (unpaired) electrons. The molecule has 2 aliphatic carbocycles. The number of allylic oxidation sites excluding steroid dienone is 1. The van der Waals surface area contributed by atoms with Crippen molar-refractivity contribution in [3.05, 3.63) is 83.9 Å². The molecule has 2 fully saturated rings. The quantitative estimate of drug-likeness (QED) is 0.774. The first kappa shape index (κ1) is 16.0. The molecule has 26 heavy (non-hydrogen) atoms. The Hall–Kier alpha value is -2.23. The van der Waals surface area contributed by atoms with E-state index < -0.39 is 11.2 Å². The minimum absolute atomic E-state index is 0.0820. The number of rotatable bonds is 2. The molecule has 2 aromatic carbocycles. The van der Waals surface area contributed by atoms with Crippen molar-refractivity contribution in [1.29, 1.82) is 0 Å². The fourth-order valence-corrected chi connectivity index (χ4v) is 5.09. The predicted octanol–water partition coefficient (Wildman–Crippen LogP) is 3.88. The molecule has 0 amide bonds. The minimum Gasteiger partial charge on any atom is -0.343 e. The van der Waals surface area contributed by atoms with E-state index in [1.54, 1.807) is 0 Å². The SMILES string of the molecule is CC1(C)O[C@@H]2[C@H]3C(=O)C(c4ccccc4)(c4ccccc4)[C@H]3C=C[C@@H]2O1. The van der Waals surface area contributed by atoms with Crippen molar-refractivity contribution >= 4 is 5.78 Å². The maximum Gasteiger partial charge on any atom is 0.164 e. The van der Waals surface area contributed by atoms with Gasteiger partial charge in [-0.25, -0.2) is 0 Å². The Kier molecular flexibility index (Phi) is 3.31. The van der Waals surface area contributed by atoms with Gasteiger partial charge in [0.25, 0.3) is 0 Å². The Morgan fingerprint density at radius 1 is 0.808 bits per heavy atom. The Balaban J connectivity index is 1.65. The van der Waals surface area contributed by atoms with Crippen LogP contribution in [0.1, 0.15) is 25.0 Å². The van der Waals surface area contributed by atoms with E-state index >= 15 is 0 Å². The van der Waals surface area contributed by atoms with Crippen molar-refractivity contribution in [3.63, 3.8) is 0 Å². The van der Waals surface area contributed by atoms with Crippen molar-refractivity contribution in [3.8, 4) is 0 Å². The molecule has 3 nitrogen and oxygen atoms in total. The Labute approximate surface area is 153 Å². The van der Waals surface area contributed by atoms with Crippen molar-refractivity contribution in [2.75, 3.05) is 0 Å². The molecule has 4 atom stereocenters. The molecular weight excluding hydrogens is 324 g/mol. The van der Waals surface area contributed by atoms with E-state index in [1.807, 2.05) is 50.2 Å². The third kappa shape index (κ3) is 1.99. The highest BCUT2D eigenvalue weighted by Crippen LogP contribution is 2.59. The molecule has 1 saturated heterocycles. The molecule has 132 valence electrons. The van der Waals surface area contributed by atoms with Gasteiger partial charge in [-0.2, -0.15) is 0 Å². The molecule has 0 unspecified atom stereocenters. The zero-order valence-corrected chi connectivity index (χ0v) is 15.0. The third-order valence-corrected chi connectivity index (χ3v) is 6.06. The number of Topliss-reactive ketones (excluding diaryl/α,β-unsaturated/α-hetero) is 1. The molecule has 0 spiro atoms. The maximum atomic E-state index is 13.7. The first-order chi connectivity index (χ1) is 12.5. The number of hydrogen-bond acceptors (Lipinski definition) is 3. The number of carbonyl (C=O) groups excluding carboxylic acids is 1. The molecule has 0 aromatic heterocycles. The predicted molar refractivity (Wildman–Crippen MR) is 98.6 cm³/mol. The topological polar surface area (TPSA) is 35.5 Å². The fourth-order valence-electron chi connectivity index (χ4n) is 5.09. The number of ketones is 1. The van der Waals surface area contributed by atoms with Gasteiger partial charge in [0.05, 0.1) is 11.3 Å². The maximum absolute atomic E-state index is 13.7. The fraction of sp³-hybridized carbons (Fsp3) is 0.348. The lowest BCUT2D eigenvalue weighted by Gasteiger charge is -2.56. The van der Waals surface area contributed by atoms with Crippen LogP contribution in [-0.4, -0.2) is 23.8 Å². The second kappa shape index (κ2) is 5.38. The van der Waals surface area contributed by atoms with E-state index in [2.05, 4.69) is 36.4 Å². The van der Waals surface area contributed by atoms with Crippen LogP contribution in [0.25, 0.3) is 0 Å². The summed E-state index contributed by atoms with van der Waals surface area (Å²) in [4.78, 5) is 13.7. The monoisotopic (exact) mass is 346 g/mol. The Bertz CT molecular complexity index is 829. The normalized spacial score (nSPS) is 33.2. The number of carbonyl (C=O) groups is 1. The lowest BCUT2D eigenvalue weighted by atomic mass is 9.45. The summed E-state index contributed by atoms with van der Waals surface area (Å²) in [7, 11) is 0. The largest absolute Gasteiger partial charge is 0.343 e. The molecule has 0 N–H and O–H groups in total. The summed E-state index contributed by atoms with van der Waals surface area (Å²) < 4.78 is 12.1. The van der Waals surface area contributed by atoms with Gasteiger partial charge in [-0.15, -0.1) is 0 Å². The zero-order valence-electron chi connectivity index (χ0n) is 15.0. The van der Waals surface area contributed by atoms with Gasteiger partial charge < -0.3 is 9.47 Å². The standard InChI is InChI=1S/C23H22O3/c1-22(2)25-18-14-13-17-19(20(18)26-22)21(24)23(17,15-9-5-3-6-10-15)16-11-7-4-8-12-16/h3-14,17-20H,1-2H3/t17-,18-,19-,20-/m0/s1. The molecule has 3 aliphatic rings. The number of ether oxygens (including phenoxy) is 2. The molecule has 1 saturated carbocycles. The summed E-state index contributed by atoms with van der Waals surface area (Å²) in [6.45, 7) is 3.83. The van der Waals surface area contributed by atoms with E-state index in [4.69, 9.17) is 9.47 Å². The van der Waals surface area contributed by atoms with Crippen molar-refractivity contribution in [1.82, 2.24) is 0 Å². The average Bonchev–Trinajstić information content (AvgIpc) is 2.96. The van der Waals surface area contributed by atoms with Crippen molar-refractivity contribution in [2.45, 2.75) is 37.3 Å². The van der Waals surface area contributed by atoms with E-state index in [1.165, 1.54) is 0 Å². The van der Waals surface area contributed by atoms with E-state index in [0.29, 0.717) is 0 Å². The van der Waals surface area contributed by atoms with Crippen LogP contribution in [0.15, 0.2) is 72.8 Å². The van der Waals surface area contributed by atoms with Crippen LogP contribution >= 0.6 is 0 Å². The average molecular weight is 346 g/mol. The van der Waals surface area contributed by atoms with Crippen LogP contribution in [-0.2, 0) is 19.7 Å². The highest BCUT2D eigenvalue weighted by molar-refractivity contribution is 6.03. The van der Waals surface area contributed by atoms with Crippen LogP contribution < -0.4 is 0 Å². The van der Waals surface area contributed by atoms with Gasteiger partial charge in [-0.05, 0) is 25.0 Å². The summed E-state index contributed by atoms with van der Waals surface area (Å²) in [5, 5.41) is 0. The summed E-state index contributed by atoms with van der Waals surface area (Å²) in [5.74, 6) is -0.488. The van der Waals surface area contributed by atoms with Crippen molar-refractivity contribution < 1.29 is 14.3 Å². The molecule has 2 aromatic rings. The number of hydrogen-bond donors (Lipinski definition) is 0. The second-order valence-electron chi connectivity index (χ2n) is 7.91. The second-order valence-corrected chi connectivity index (χ2v) is 7.91. The first-order valence-electron chi connectivity index (χ1n) is 9.23. The summed E-state index contributed by atoms with van der Waals surface area (Å²) in [5.41, 5.74) is 1.47. The summed E-state index contributed by atoms with van der Waals surface area (Å²) >= 11 is 0. The van der Waals surface area contributed by atoms with Crippen LogP contribution in [0.3, 0.4) is 0 Å². The first-order valence-corrected chi connectivity index (χ1v) is 9.23. The van der Waals surface area contributed by atoms with E-state index in [0.717, 1.165) is 11.1 Å². The Morgan fingerprint density at radius 3 is 1.96 bits per heavy atom. The third-order valence-electron chi connectivity index (χ3n) is 6.06. The van der Waals surface area contributed by atoms with Gasteiger partial charge in [0.15, 0.2) is 11.6 Å². The number of fused-ring (bicyclic) bond motifs is 3. The molecule has 1 heterocycles. The molecular formula is C23H22O3. The lowest BCUT2D eigenvalue weighted by molar-refractivity contribution is -0.166. The highest BCUT2D eigenvalue weighted by atomic mass is 16.8. The number of benzene rings is 2. The van der Waals surface area contributed by atoms with Crippen molar-refractivity contribution in [2.24, 2.45) is 11.8 Å². The molecule has 3 heteroatoms. The van der Waals surface area contributed by atoms with Gasteiger partial charge in [0.1, 0.15) is 12.2 Å². The minimum atomic E-state index is -0.646. The Morgan fingerprint density at radius 2 is 1.38 bits per heavy atom. The van der Waals surface area contributed by atoms with Gasteiger partial charge in [-0.1, -0.05) is 72.8 Å². The smallest absolute Gasteiger partial charge is 0.164 e. The van der Waals surface area contributed by atoms with Crippen LogP contribution in [0, 0.1) is 11.8 Å². The molecule has 5 rings (SSSR count). The molecule has 0 bridgehead atoms.